The zero-order valence-electron chi connectivity index (χ0n) is 9.61. The molecule has 2 aliphatic rings. The van der Waals surface area contributed by atoms with Crippen molar-refractivity contribution >= 4 is 11.3 Å². The monoisotopic (exact) mass is 233 g/mol. The summed E-state index contributed by atoms with van der Waals surface area (Å²) in [4.78, 5) is 1.61. The molecule has 0 saturated heterocycles. The van der Waals surface area contributed by atoms with E-state index in [-0.39, 0.29) is 0 Å². The molecule has 1 aromatic heterocycles. The van der Waals surface area contributed by atoms with Crippen LogP contribution in [-0.4, -0.2) is 6.04 Å². The number of hydrogen-bond acceptors (Lipinski definition) is 2. The number of hydrogen-bond donors (Lipinski definition) is 1. The van der Waals surface area contributed by atoms with E-state index in [4.69, 9.17) is 0 Å². The zero-order valence-corrected chi connectivity index (χ0v) is 10.4. The molecule has 2 heteroatoms. The molecule has 0 amide bonds. The number of allylic oxidation sites excluding steroid dienone is 1. The van der Waals surface area contributed by atoms with Gasteiger partial charge >= 0.3 is 0 Å². The number of aryl methyl sites for hydroxylation is 1. The maximum absolute atomic E-state index is 3.82. The van der Waals surface area contributed by atoms with E-state index < -0.39 is 0 Å². The summed E-state index contributed by atoms with van der Waals surface area (Å²) in [6, 6.07) is 3.55. The van der Waals surface area contributed by atoms with E-state index in [1.54, 1.807) is 10.4 Å². The van der Waals surface area contributed by atoms with Crippen LogP contribution in [0.2, 0.25) is 0 Å². The van der Waals surface area contributed by atoms with E-state index in [0.717, 1.165) is 0 Å². The van der Waals surface area contributed by atoms with Gasteiger partial charge in [-0.05, 0) is 55.5 Å². The molecule has 0 aliphatic heterocycles. The normalized spacial score (nSPS) is 29.0. The first-order chi connectivity index (χ1) is 7.93. The second-order valence-corrected chi connectivity index (χ2v) is 5.88. The first kappa shape index (κ1) is 10.5. The second-order valence-electron chi connectivity index (χ2n) is 4.88. The molecular formula is C14H19NS. The Bertz CT molecular complexity index is 380. The third kappa shape index (κ3) is 2.09. The summed E-state index contributed by atoms with van der Waals surface area (Å²) in [7, 11) is 0. The molecule has 1 N–H and O–H groups in total. The van der Waals surface area contributed by atoms with Crippen LogP contribution in [0.5, 0.6) is 0 Å². The van der Waals surface area contributed by atoms with Crippen LogP contribution in [0.4, 0.5) is 0 Å². The predicted molar refractivity (Wildman–Crippen MR) is 69.9 cm³/mol. The zero-order chi connectivity index (χ0) is 10.8. The Morgan fingerprint density at radius 2 is 2.25 bits per heavy atom. The van der Waals surface area contributed by atoms with Gasteiger partial charge in [0.05, 0.1) is 0 Å². The van der Waals surface area contributed by atoms with Gasteiger partial charge in [-0.15, -0.1) is 11.3 Å². The van der Waals surface area contributed by atoms with E-state index in [9.17, 15) is 0 Å². The highest BCUT2D eigenvalue weighted by Gasteiger charge is 2.23. The van der Waals surface area contributed by atoms with E-state index >= 15 is 0 Å². The lowest BCUT2D eigenvalue weighted by Crippen LogP contribution is -2.33. The maximum Gasteiger partial charge on any atom is 0.0336 e. The fourth-order valence-corrected chi connectivity index (χ4v) is 3.86. The minimum Gasteiger partial charge on any atom is -0.304 e. The van der Waals surface area contributed by atoms with Crippen LogP contribution in [0, 0.1) is 0 Å². The Kier molecular flexibility index (Phi) is 3.11. The second kappa shape index (κ2) is 4.72. The number of rotatable bonds is 2. The molecule has 0 aromatic carbocycles. The highest BCUT2D eigenvalue weighted by molar-refractivity contribution is 7.10. The van der Waals surface area contributed by atoms with Crippen LogP contribution < -0.4 is 5.32 Å². The van der Waals surface area contributed by atoms with Crippen LogP contribution in [0.15, 0.2) is 23.6 Å². The molecular weight excluding hydrogens is 214 g/mol. The molecule has 1 aromatic rings. The van der Waals surface area contributed by atoms with Crippen LogP contribution in [0.3, 0.4) is 0 Å². The molecule has 0 saturated carbocycles. The molecule has 0 spiro atoms. The molecule has 0 fully saturated rings. The lowest BCUT2D eigenvalue weighted by Gasteiger charge is -2.28. The molecule has 16 heavy (non-hydrogen) atoms. The van der Waals surface area contributed by atoms with Crippen molar-refractivity contribution in [3.63, 3.8) is 0 Å². The van der Waals surface area contributed by atoms with Gasteiger partial charge in [-0.1, -0.05) is 12.2 Å². The van der Waals surface area contributed by atoms with Crippen molar-refractivity contribution in [2.45, 2.75) is 50.6 Å². The molecule has 2 aliphatic carbocycles. The third-order valence-corrected chi connectivity index (χ3v) is 4.72. The summed E-state index contributed by atoms with van der Waals surface area (Å²) in [5.41, 5.74) is 1.58. The molecule has 0 radical (unpaired) electrons. The summed E-state index contributed by atoms with van der Waals surface area (Å²) in [6.45, 7) is 0. The van der Waals surface area contributed by atoms with Gasteiger partial charge in [0.1, 0.15) is 0 Å². The summed E-state index contributed by atoms with van der Waals surface area (Å²) in [5, 5.41) is 6.07. The molecule has 0 bridgehead atoms. The van der Waals surface area contributed by atoms with Gasteiger partial charge < -0.3 is 5.32 Å². The SMILES string of the molecule is C1=CC(NC2CCCc3sccc32)CCC1. The van der Waals surface area contributed by atoms with Gasteiger partial charge in [0.25, 0.3) is 0 Å². The topological polar surface area (TPSA) is 12.0 Å². The average molecular weight is 233 g/mol. The highest BCUT2D eigenvalue weighted by Crippen LogP contribution is 2.34. The first-order valence-electron chi connectivity index (χ1n) is 6.42. The van der Waals surface area contributed by atoms with Gasteiger partial charge in [0.15, 0.2) is 0 Å². The van der Waals surface area contributed by atoms with Crippen molar-refractivity contribution in [1.82, 2.24) is 5.32 Å². The third-order valence-electron chi connectivity index (χ3n) is 3.72. The minimum atomic E-state index is 0.614. The van der Waals surface area contributed by atoms with Gasteiger partial charge in [-0.25, -0.2) is 0 Å². The van der Waals surface area contributed by atoms with Crippen LogP contribution >= 0.6 is 11.3 Å². The van der Waals surface area contributed by atoms with E-state index in [1.807, 2.05) is 11.3 Å². The van der Waals surface area contributed by atoms with Gasteiger partial charge in [0, 0.05) is 17.0 Å². The van der Waals surface area contributed by atoms with Crippen LogP contribution in [0.25, 0.3) is 0 Å². The molecule has 3 rings (SSSR count). The average Bonchev–Trinajstić information content (AvgIpc) is 2.80. The summed E-state index contributed by atoms with van der Waals surface area (Å²) >= 11 is 1.93. The smallest absolute Gasteiger partial charge is 0.0336 e. The Balaban J connectivity index is 1.72. The van der Waals surface area contributed by atoms with Crippen molar-refractivity contribution in [2.24, 2.45) is 0 Å². The van der Waals surface area contributed by atoms with Crippen molar-refractivity contribution in [1.29, 1.82) is 0 Å². The van der Waals surface area contributed by atoms with E-state index in [1.165, 1.54) is 38.5 Å². The summed E-state index contributed by atoms with van der Waals surface area (Å²) < 4.78 is 0. The molecule has 2 atom stereocenters. The fraction of sp³-hybridized carbons (Fsp3) is 0.571. The van der Waals surface area contributed by atoms with Crippen molar-refractivity contribution in [3.05, 3.63) is 34.0 Å². The molecule has 86 valence electrons. The summed E-state index contributed by atoms with van der Waals surface area (Å²) in [6.07, 6.45) is 12.6. The molecule has 2 unspecified atom stereocenters. The lowest BCUT2D eigenvalue weighted by molar-refractivity contribution is 0.407. The molecule has 1 nitrogen and oxygen atoms in total. The van der Waals surface area contributed by atoms with Crippen LogP contribution in [-0.2, 0) is 6.42 Å². The van der Waals surface area contributed by atoms with Crippen LogP contribution in [0.1, 0.15) is 48.6 Å². The van der Waals surface area contributed by atoms with Crippen molar-refractivity contribution in [3.8, 4) is 0 Å². The highest BCUT2D eigenvalue weighted by atomic mass is 32.1. The van der Waals surface area contributed by atoms with Gasteiger partial charge in [-0.2, -0.15) is 0 Å². The number of fused-ring (bicyclic) bond motifs is 1. The van der Waals surface area contributed by atoms with Crippen molar-refractivity contribution in [2.75, 3.05) is 0 Å². The van der Waals surface area contributed by atoms with Gasteiger partial charge in [-0.3, -0.25) is 0 Å². The standard InChI is InChI=1S/C14H19NS/c1-2-5-11(6-3-1)15-13-7-4-8-14-12(13)9-10-16-14/h2,5,9-11,13,15H,1,3-4,6-8H2. The maximum atomic E-state index is 3.82. The lowest BCUT2D eigenvalue weighted by atomic mass is 9.92. The minimum absolute atomic E-state index is 0.614. The van der Waals surface area contributed by atoms with E-state index in [2.05, 4.69) is 28.9 Å². The fourth-order valence-electron chi connectivity index (χ4n) is 2.87. The predicted octanol–water partition coefficient (Wildman–Crippen LogP) is 3.82. The Hall–Kier alpha value is -0.600. The Morgan fingerprint density at radius 1 is 1.25 bits per heavy atom. The number of nitrogens with one attached hydrogen (secondary N) is 1. The first-order valence-corrected chi connectivity index (χ1v) is 7.30. The van der Waals surface area contributed by atoms with Gasteiger partial charge in [0.2, 0.25) is 0 Å². The summed E-state index contributed by atoms with van der Waals surface area (Å²) in [5.74, 6) is 0. The van der Waals surface area contributed by atoms with E-state index in [0.29, 0.717) is 12.1 Å². The molecule has 1 heterocycles. The number of thiophene rings is 1. The quantitative estimate of drug-likeness (QED) is 0.766. The Labute approximate surface area is 102 Å². The van der Waals surface area contributed by atoms with Crippen molar-refractivity contribution < 1.29 is 0 Å². The largest absolute Gasteiger partial charge is 0.304 e. The Morgan fingerprint density at radius 3 is 3.12 bits per heavy atom.